The Bertz CT molecular complexity index is 1370. The van der Waals surface area contributed by atoms with Crippen LogP contribution in [-0.2, 0) is 33.3 Å². The third-order valence-electron chi connectivity index (χ3n) is 10.1. The van der Waals surface area contributed by atoms with Gasteiger partial charge in [-0.25, -0.2) is 0 Å². The highest BCUT2D eigenvalue weighted by Gasteiger charge is 2.21. The van der Waals surface area contributed by atoms with E-state index in [-0.39, 0.29) is 38.6 Å². The van der Waals surface area contributed by atoms with Gasteiger partial charge in [0.15, 0.2) is 12.4 Å². The first-order chi connectivity index (χ1) is 31.1. The number of carboxylic acid groups (broad SMARTS) is 1. The highest BCUT2D eigenvalue weighted by atomic mass is 16.7. The van der Waals surface area contributed by atoms with Crippen molar-refractivity contribution in [3.8, 4) is 0 Å². The largest absolute Gasteiger partial charge is 0.545 e. The number of aliphatic carboxylic acids is 1. The monoisotopic (exact) mass is 894 g/mol. The summed E-state index contributed by atoms with van der Waals surface area (Å²) in [5, 5.41) is 11.7. The van der Waals surface area contributed by atoms with Crippen molar-refractivity contribution in [1.82, 2.24) is 0 Å². The number of esters is 2. The zero-order valence-corrected chi connectivity index (χ0v) is 41.1. The Morgan fingerprint density at radius 2 is 0.891 bits per heavy atom. The quantitative estimate of drug-likeness (QED) is 0.0195. The van der Waals surface area contributed by atoms with Crippen LogP contribution >= 0.6 is 0 Å². The number of ether oxygens (including phenoxy) is 4. The van der Waals surface area contributed by atoms with Crippen LogP contribution in [-0.4, -0.2) is 82.3 Å². The van der Waals surface area contributed by atoms with Crippen LogP contribution in [0, 0.1) is 0 Å². The van der Waals surface area contributed by atoms with Gasteiger partial charge in [-0.05, 0) is 89.9 Å². The Morgan fingerprint density at radius 3 is 1.33 bits per heavy atom. The number of rotatable bonds is 44. The van der Waals surface area contributed by atoms with E-state index in [0.717, 1.165) is 122 Å². The molecule has 0 aliphatic carbocycles. The van der Waals surface area contributed by atoms with Crippen LogP contribution < -0.4 is 5.11 Å². The maximum absolute atomic E-state index is 12.8. The second-order valence-corrected chi connectivity index (χ2v) is 17.4. The molecular formula is C55H91NO8. The molecule has 364 valence electrons. The lowest BCUT2D eigenvalue weighted by atomic mass is 10.1. The summed E-state index contributed by atoms with van der Waals surface area (Å²) in [6.45, 7) is 4.53. The molecule has 0 fully saturated rings. The second-order valence-electron chi connectivity index (χ2n) is 17.4. The predicted molar refractivity (Wildman–Crippen MR) is 264 cm³/mol. The normalized spacial score (nSPS) is 13.7. The van der Waals surface area contributed by atoms with Gasteiger partial charge in [0.05, 0.1) is 40.3 Å². The van der Waals surface area contributed by atoms with Gasteiger partial charge in [0.25, 0.3) is 0 Å². The zero-order valence-electron chi connectivity index (χ0n) is 41.1. The topological polar surface area (TPSA) is 111 Å². The average molecular weight is 894 g/mol. The zero-order chi connectivity index (χ0) is 47.0. The summed E-state index contributed by atoms with van der Waals surface area (Å²) in [4.78, 5) is 37.1. The van der Waals surface area contributed by atoms with Crippen LogP contribution in [0.15, 0.2) is 97.2 Å². The number of hydrogen-bond donors (Lipinski definition) is 0. The molecule has 0 aromatic rings. The van der Waals surface area contributed by atoms with Gasteiger partial charge in [0.2, 0.25) is 0 Å². The van der Waals surface area contributed by atoms with Crippen molar-refractivity contribution in [3.63, 3.8) is 0 Å². The molecule has 0 N–H and O–H groups in total. The molecule has 0 aliphatic heterocycles. The van der Waals surface area contributed by atoms with Crippen LogP contribution in [0.5, 0.6) is 0 Å². The average Bonchev–Trinajstić information content (AvgIpc) is 3.26. The highest BCUT2D eigenvalue weighted by molar-refractivity contribution is 5.70. The Kier molecular flexibility index (Phi) is 43.1. The molecular weight excluding hydrogens is 803 g/mol. The van der Waals surface area contributed by atoms with E-state index in [9.17, 15) is 19.5 Å². The third kappa shape index (κ3) is 46.2. The van der Waals surface area contributed by atoms with Crippen LogP contribution in [0.1, 0.15) is 174 Å². The molecule has 9 nitrogen and oxygen atoms in total. The molecule has 0 aromatic heterocycles. The van der Waals surface area contributed by atoms with Gasteiger partial charge in [-0.15, -0.1) is 0 Å². The van der Waals surface area contributed by atoms with Crippen LogP contribution in [0.4, 0.5) is 0 Å². The van der Waals surface area contributed by atoms with Gasteiger partial charge in [-0.1, -0.05) is 169 Å². The fraction of sp³-hybridized carbons (Fsp3) is 0.655. The minimum absolute atomic E-state index is 0.136. The van der Waals surface area contributed by atoms with Crippen LogP contribution in [0.25, 0.3) is 0 Å². The Morgan fingerprint density at radius 1 is 0.484 bits per heavy atom. The summed E-state index contributed by atoms with van der Waals surface area (Å²) >= 11 is 0. The van der Waals surface area contributed by atoms with E-state index in [4.69, 9.17) is 18.9 Å². The number of carbonyl (C=O) groups is 3. The van der Waals surface area contributed by atoms with Crippen molar-refractivity contribution >= 4 is 17.9 Å². The van der Waals surface area contributed by atoms with E-state index in [1.54, 1.807) is 0 Å². The van der Waals surface area contributed by atoms with Crippen molar-refractivity contribution in [2.75, 3.05) is 47.5 Å². The number of quaternary nitrogens is 1. The van der Waals surface area contributed by atoms with E-state index in [2.05, 4.69) is 111 Å². The van der Waals surface area contributed by atoms with Gasteiger partial charge in [0, 0.05) is 12.8 Å². The van der Waals surface area contributed by atoms with Crippen LogP contribution in [0.2, 0.25) is 0 Å². The fourth-order valence-corrected chi connectivity index (χ4v) is 6.20. The first-order valence-corrected chi connectivity index (χ1v) is 24.9. The Balaban J connectivity index is 4.41. The molecule has 0 amide bonds. The van der Waals surface area contributed by atoms with Crippen molar-refractivity contribution in [3.05, 3.63) is 97.2 Å². The summed E-state index contributed by atoms with van der Waals surface area (Å²) in [7, 11) is 5.89. The van der Waals surface area contributed by atoms with Gasteiger partial charge >= 0.3 is 11.9 Å². The van der Waals surface area contributed by atoms with Crippen LogP contribution in [0.3, 0.4) is 0 Å². The summed E-state index contributed by atoms with van der Waals surface area (Å²) in [6, 6.07) is 0. The number of allylic oxidation sites excluding steroid dienone is 16. The molecule has 9 heteroatoms. The van der Waals surface area contributed by atoms with Crippen molar-refractivity contribution in [1.29, 1.82) is 0 Å². The summed E-state index contributed by atoms with van der Waals surface area (Å²) in [5.41, 5.74) is 0. The van der Waals surface area contributed by atoms with Gasteiger partial charge in [-0.3, -0.25) is 9.59 Å². The number of carboxylic acids is 1. The lowest BCUT2D eigenvalue weighted by Crippen LogP contribution is -2.44. The molecule has 2 atom stereocenters. The standard InChI is InChI=1S/C55H91NO8/c1-6-8-10-12-14-16-18-20-22-23-24-25-26-27-28-29-30-31-32-34-36-38-40-42-44-46-53(58)64-51(50-63-55(54(59)60)61-48-47-56(3,4)5)49-62-52(57)45-43-41-39-37-35-33-21-19-17-15-13-11-9-7-2/h8,10,13-16,19-22,24-25,27-28,30-31,51,55H,6-7,9,11-12,17-18,23,26,29,32-50H2,1-5H3/b10-8-,15-13-,16-14-,21-19-,22-20-,25-24-,28-27-,31-30-. The number of likely N-dealkylation sites (N-methyl/N-ethyl adjacent to an activating group) is 1. The summed E-state index contributed by atoms with van der Waals surface area (Å²) < 4.78 is 22.6. The SMILES string of the molecule is CC/C=C\C/C=C\C/C=C\C/C=C\C/C=C\C/C=C\CCCCCCCCC(=O)OC(COC(=O)CCCCCCC/C=C\C/C=C\CCCC)COC(OCC[N+](C)(C)C)C(=O)[O-]. The molecule has 0 saturated heterocycles. The second kappa shape index (κ2) is 45.8. The molecule has 64 heavy (non-hydrogen) atoms. The van der Waals surface area contributed by atoms with E-state index in [0.29, 0.717) is 23.9 Å². The minimum Gasteiger partial charge on any atom is -0.545 e. The maximum atomic E-state index is 12.8. The fourth-order valence-electron chi connectivity index (χ4n) is 6.20. The first-order valence-electron chi connectivity index (χ1n) is 24.9. The van der Waals surface area contributed by atoms with E-state index in [1.165, 1.54) is 12.8 Å². The molecule has 0 spiro atoms. The van der Waals surface area contributed by atoms with Gasteiger partial charge in [0.1, 0.15) is 13.2 Å². The maximum Gasteiger partial charge on any atom is 0.306 e. The minimum atomic E-state index is -1.63. The Hall–Kier alpha value is -3.79. The molecule has 0 heterocycles. The van der Waals surface area contributed by atoms with E-state index < -0.39 is 24.3 Å². The molecule has 0 aromatic carbocycles. The lowest BCUT2D eigenvalue weighted by Gasteiger charge is -2.26. The molecule has 0 rings (SSSR count). The number of nitrogens with zero attached hydrogens (tertiary/aromatic N) is 1. The third-order valence-corrected chi connectivity index (χ3v) is 10.1. The lowest BCUT2D eigenvalue weighted by molar-refractivity contribution is -0.870. The van der Waals surface area contributed by atoms with Crippen molar-refractivity contribution in [2.24, 2.45) is 0 Å². The first kappa shape index (κ1) is 60.2. The van der Waals surface area contributed by atoms with E-state index in [1.807, 2.05) is 21.1 Å². The molecule has 0 saturated carbocycles. The number of unbranched alkanes of at least 4 members (excludes halogenated alkanes) is 13. The Labute approximate surface area is 391 Å². The smallest absolute Gasteiger partial charge is 0.306 e. The van der Waals surface area contributed by atoms with Crippen molar-refractivity contribution < 1.29 is 42.9 Å². The molecule has 0 radical (unpaired) electrons. The summed E-state index contributed by atoms with van der Waals surface area (Å²) in [5.74, 6) is -2.34. The highest BCUT2D eigenvalue weighted by Crippen LogP contribution is 2.13. The molecule has 0 bridgehead atoms. The number of hydrogen-bond acceptors (Lipinski definition) is 8. The molecule has 2 unspecified atom stereocenters. The van der Waals surface area contributed by atoms with Crippen molar-refractivity contribution in [2.45, 2.75) is 187 Å². The molecule has 0 aliphatic rings. The van der Waals surface area contributed by atoms with E-state index >= 15 is 0 Å². The van der Waals surface area contributed by atoms with Gasteiger partial charge in [-0.2, -0.15) is 0 Å². The number of carbonyl (C=O) groups excluding carboxylic acids is 3. The van der Waals surface area contributed by atoms with Gasteiger partial charge < -0.3 is 33.3 Å². The summed E-state index contributed by atoms with van der Waals surface area (Å²) in [6.07, 6.45) is 57.2. The predicted octanol–water partition coefficient (Wildman–Crippen LogP) is 12.5.